The molecule has 3 aromatic heterocycles. The van der Waals surface area contributed by atoms with Gasteiger partial charge in [0.1, 0.15) is 5.82 Å². The van der Waals surface area contributed by atoms with Crippen LogP contribution in [0.15, 0.2) is 41.0 Å². The Hall–Kier alpha value is -4.26. The van der Waals surface area contributed by atoms with Crippen LogP contribution >= 0.6 is 0 Å². The van der Waals surface area contributed by atoms with Gasteiger partial charge in [0.25, 0.3) is 5.78 Å². The van der Waals surface area contributed by atoms with Crippen molar-refractivity contribution in [2.24, 2.45) is 5.92 Å². The number of anilines is 3. The summed E-state index contributed by atoms with van der Waals surface area (Å²) in [7, 11) is 0. The number of nitrogens with zero attached hydrogens (tertiary/aromatic N) is 8. The number of hydrogen-bond acceptors (Lipinski definition) is 10. The highest BCUT2D eigenvalue weighted by molar-refractivity contribution is 5.88. The van der Waals surface area contributed by atoms with E-state index in [1.807, 2.05) is 4.90 Å². The van der Waals surface area contributed by atoms with Crippen molar-refractivity contribution in [2.45, 2.75) is 12.8 Å². The summed E-state index contributed by atoms with van der Waals surface area (Å²) in [5, 5.41) is 13.4. The summed E-state index contributed by atoms with van der Waals surface area (Å²) in [4.78, 5) is 31.2. The first-order chi connectivity index (χ1) is 18.4. The molecule has 12 nitrogen and oxygen atoms in total. The van der Waals surface area contributed by atoms with Gasteiger partial charge >= 0.3 is 5.97 Å². The Morgan fingerprint density at radius 2 is 1.95 bits per heavy atom. The molecular weight excluding hydrogens is 493 g/mol. The quantitative estimate of drug-likeness (QED) is 0.386. The fourth-order valence-corrected chi connectivity index (χ4v) is 5.27. The Labute approximate surface area is 217 Å². The lowest BCUT2D eigenvalue weighted by molar-refractivity contribution is 0.0696. The first kappa shape index (κ1) is 24.1. The molecule has 6 rings (SSSR count). The summed E-state index contributed by atoms with van der Waals surface area (Å²) in [5.74, 6) is 0.882. The molecule has 5 heterocycles. The van der Waals surface area contributed by atoms with Crippen LogP contribution in [0.1, 0.15) is 23.2 Å². The Balaban J connectivity index is 1.08. The maximum Gasteiger partial charge on any atom is 0.335 e. The highest BCUT2D eigenvalue weighted by atomic mass is 19.1. The zero-order valence-corrected chi connectivity index (χ0v) is 20.7. The molecule has 0 amide bonds. The number of carboxylic acid groups (broad SMARTS) is 1. The zero-order chi connectivity index (χ0) is 26.2. The van der Waals surface area contributed by atoms with Crippen molar-refractivity contribution in [3.63, 3.8) is 0 Å². The summed E-state index contributed by atoms with van der Waals surface area (Å²) < 4.78 is 21.3. The molecule has 13 heteroatoms. The molecule has 2 aliphatic heterocycles. The van der Waals surface area contributed by atoms with Crippen molar-refractivity contribution in [3.05, 3.63) is 48.0 Å². The number of rotatable bonds is 6. The monoisotopic (exact) mass is 521 g/mol. The lowest BCUT2D eigenvalue weighted by atomic mass is 9.97. The molecule has 1 atom stereocenters. The second kappa shape index (κ2) is 9.89. The molecule has 1 aromatic carbocycles. The number of nitrogens with two attached hydrogens (primary N) is 1. The molecule has 1 unspecified atom stereocenters. The van der Waals surface area contributed by atoms with E-state index in [0.717, 1.165) is 51.6 Å². The fourth-order valence-electron chi connectivity index (χ4n) is 5.27. The minimum absolute atomic E-state index is 0.0430. The van der Waals surface area contributed by atoms with E-state index >= 15 is 0 Å². The Kier molecular flexibility index (Phi) is 6.27. The van der Waals surface area contributed by atoms with Gasteiger partial charge in [-0.3, -0.25) is 4.90 Å². The van der Waals surface area contributed by atoms with Crippen LogP contribution in [0.3, 0.4) is 0 Å². The third kappa shape index (κ3) is 4.72. The SMILES string of the molecule is Nc1nc(N2CCCC(CN3CCN(c4ccc(C(=O)O)cc4F)CC3)C2)nc2nc(-c3ccco3)nn12. The first-order valence-corrected chi connectivity index (χ1v) is 12.6. The maximum atomic E-state index is 14.5. The number of aromatic carboxylic acids is 1. The Morgan fingerprint density at radius 3 is 2.68 bits per heavy atom. The predicted octanol–water partition coefficient (Wildman–Crippen LogP) is 2.24. The number of carboxylic acids is 1. The Morgan fingerprint density at radius 1 is 1.11 bits per heavy atom. The van der Waals surface area contributed by atoms with Crippen LogP contribution in [0, 0.1) is 11.7 Å². The van der Waals surface area contributed by atoms with Crippen molar-refractivity contribution >= 4 is 29.3 Å². The molecule has 2 aliphatic rings. The lowest BCUT2D eigenvalue weighted by Crippen LogP contribution is -2.50. The van der Waals surface area contributed by atoms with Crippen molar-refractivity contribution in [1.29, 1.82) is 0 Å². The first-order valence-electron chi connectivity index (χ1n) is 12.6. The van der Waals surface area contributed by atoms with Gasteiger partial charge in [0, 0.05) is 45.8 Å². The highest BCUT2D eigenvalue weighted by Gasteiger charge is 2.27. The van der Waals surface area contributed by atoms with Crippen molar-refractivity contribution in [3.8, 4) is 11.6 Å². The molecule has 2 fully saturated rings. The number of aromatic nitrogens is 5. The van der Waals surface area contributed by atoms with Gasteiger partial charge in [-0.25, -0.2) is 9.18 Å². The van der Waals surface area contributed by atoms with Gasteiger partial charge in [-0.15, -0.1) is 5.10 Å². The maximum absolute atomic E-state index is 14.5. The van der Waals surface area contributed by atoms with E-state index in [-0.39, 0.29) is 11.5 Å². The molecule has 4 aromatic rings. The standard InChI is InChI=1S/C25H28FN9O3/c26-18-13-17(22(36)37)5-6-19(18)33-10-8-32(9-11-33)14-16-3-1-7-34(15-16)24-29-23(27)35-25(30-24)28-21(31-35)20-4-2-12-38-20/h2,4-6,12-13,16H,1,3,7-11,14-15H2,(H,36,37)(H2,27,28,29,30,31). The van der Waals surface area contributed by atoms with E-state index in [1.54, 1.807) is 24.5 Å². The van der Waals surface area contributed by atoms with Gasteiger partial charge in [-0.2, -0.15) is 19.5 Å². The normalized spacial score (nSPS) is 18.8. The largest absolute Gasteiger partial charge is 0.478 e. The molecule has 3 N–H and O–H groups in total. The van der Waals surface area contributed by atoms with Crippen molar-refractivity contribution in [2.75, 3.05) is 61.3 Å². The van der Waals surface area contributed by atoms with Gasteiger partial charge in [-0.05, 0) is 49.1 Å². The highest BCUT2D eigenvalue weighted by Crippen LogP contribution is 2.26. The van der Waals surface area contributed by atoms with Crippen LogP contribution in [0.25, 0.3) is 17.4 Å². The minimum Gasteiger partial charge on any atom is -0.478 e. The molecule has 0 aliphatic carbocycles. The molecule has 0 bridgehead atoms. The second-order valence-electron chi connectivity index (χ2n) is 9.72. The molecule has 198 valence electrons. The third-order valence-corrected chi connectivity index (χ3v) is 7.19. The average Bonchev–Trinajstić information content (AvgIpc) is 3.60. The third-order valence-electron chi connectivity index (χ3n) is 7.19. The number of halogens is 1. The summed E-state index contributed by atoms with van der Waals surface area (Å²) in [6.45, 7) is 5.55. The number of furan rings is 1. The summed E-state index contributed by atoms with van der Waals surface area (Å²) in [6.07, 6.45) is 3.68. The van der Waals surface area contributed by atoms with Gasteiger partial charge in [0.05, 0.1) is 17.5 Å². The zero-order valence-electron chi connectivity index (χ0n) is 20.7. The van der Waals surface area contributed by atoms with Crippen LogP contribution in [0.2, 0.25) is 0 Å². The second-order valence-corrected chi connectivity index (χ2v) is 9.72. The molecule has 38 heavy (non-hydrogen) atoms. The number of piperidine rings is 1. The van der Waals surface area contributed by atoms with Gasteiger partial charge < -0.3 is 25.1 Å². The van der Waals surface area contributed by atoms with E-state index in [9.17, 15) is 9.18 Å². The number of fused-ring (bicyclic) bond motifs is 1. The average molecular weight is 522 g/mol. The summed E-state index contributed by atoms with van der Waals surface area (Å²) in [5.41, 5.74) is 6.60. The van der Waals surface area contributed by atoms with E-state index in [2.05, 4.69) is 29.9 Å². The Bertz CT molecular complexity index is 1450. The van der Waals surface area contributed by atoms with Crippen LogP contribution < -0.4 is 15.5 Å². The molecule has 0 saturated carbocycles. The van der Waals surface area contributed by atoms with Gasteiger partial charge in [0.15, 0.2) is 5.76 Å². The lowest BCUT2D eigenvalue weighted by Gasteiger charge is -2.40. The van der Waals surface area contributed by atoms with Crippen LogP contribution in [0.4, 0.5) is 22.0 Å². The molecule has 2 saturated heterocycles. The van der Waals surface area contributed by atoms with Crippen LogP contribution in [-0.4, -0.2) is 86.4 Å². The molecule has 0 radical (unpaired) electrons. The minimum atomic E-state index is -1.13. The van der Waals surface area contributed by atoms with E-state index in [4.69, 9.17) is 15.3 Å². The van der Waals surface area contributed by atoms with E-state index < -0.39 is 11.8 Å². The summed E-state index contributed by atoms with van der Waals surface area (Å²) in [6, 6.07) is 7.65. The topological polar surface area (TPSA) is 142 Å². The van der Waals surface area contributed by atoms with Gasteiger partial charge in [-0.1, -0.05) is 0 Å². The van der Waals surface area contributed by atoms with Crippen LogP contribution in [0.5, 0.6) is 0 Å². The van der Waals surface area contributed by atoms with E-state index in [1.165, 1.54) is 10.6 Å². The molecular formula is C25H28FN9O3. The number of piperazine rings is 1. The number of hydrogen-bond donors (Lipinski definition) is 2. The number of carbonyl (C=O) groups is 1. The predicted molar refractivity (Wildman–Crippen MR) is 138 cm³/mol. The smallest absolute Gasteiger partial charge is 0.335 e. The van der Waals surface area contributed by atoms with E-state index in [0.29, 0.717) is 48.0 Å². The van der Waals surface area contributed by atoms with Crippen molar-refractivity contribution in [1.82, 2.24) is 29.5 Å². The fraction of sp³-hybridized carbons (Fsp3) is 0.400. The molecule has 0 spiro atoms. The number of nitrogen functional groups attached to an aromatic ring is 1. The van der Waals surface area contributed by atoms with Gasteiger partial charge in [0.2, 0.25) is 17.7 Å². The number of benzene rings is 1. The van der Waals surface area contributed by atoms with Crippen LogP contribution in [-0.2, 0) is 0 Å². The summed E-state index contributed by atoms with van der Waals surface area (Å²) >= 11 is 0. The van der Waals surface area contributed by atoms with Crippen molar-refractivity contribution < 1.29 is 18.7 Å².